The SMILES string of the molecule is CCCn1ccnc1CN(C)Cc1nc(-c2cccnc2)no1. The van der Waals surface area contributed by atoms with Crippen molar-refractivity contribution in [2.45, 2.75) is 33.0 Å². The average Bonchev–Trinajstić information content (AvgIpc) is 3.19. The lowest BCUT2D eigenvalue weighted by Crippen LogP contribution is -2.20. The van der Waals surface area contributed by atoms with Gasteiger partial charge in [-0.25, -0.2) is 4.98 Å². The maximum Gasteiger partial charge on any atom is 0.241 e. The van der Waals surface area contributed by atoms with Crippen LogP contribution in [0.5, 0.6) is 0 Å². The van der Waals surface area contributed by atoms with Crippen LogP contribution in [0, 0.1) is 0 Å². The fourth-order valence-corrected chi connectivity index (χ4v) is 2.40. The molecule has 0 unspecified atom stereocenters. The molecule has 0 fully saturated rings. The molecule has 0 radical (unpaired) electrons. The summed E-state index contributed by atoms with van der Waals surface area (Å²) in [4.78, 5) is 15.0. The number of hydrogen-bond acceptors (Lipinski definition) is 6. The Labute approximate surface area is 135 Å². The largest absolute Gasteiger partial charge is 0.338 e. The summed E-state index contributed by atoms with van der Waals surface area (Å²) in [5.74, 6) is 2.19. The van der Waals surface area contributed by atoms with E-state index in [1.54, 1.807) is 12.4 Å². The first-order chi connectivity index (χ1) is 11.3. The van der Waals surface area contributed by atoms with Crippen molar-refractivity contribution in [3.8, 4) is 11.4 Å². The highest BCUT2D eigenvalue weighted by atomic mass is 16.5. The van der Waals surface area contributed by atoms with Gasteiger partial charge >= 0.3 is 0 Å². The Bertz CT molecular complexity index is 736. The molecule has 3 heterocycles. The van der Waals surface area contributed by atoms with Gasteiger partial charge in [0.2, 0.25) is 11.7 Å². The Morgan fingerprint density at radius 2 is 2.17 bits per heavy atom. The Hall–Kier alpha value is -2.54. The number of pyridine rings is 1. The molecule has 0 bridgehead atoms. The molecule has 0 spiro atoms. The molecule has 0 aliphatic rings. The average molecular weight is 312 g/mol. The standard InChI is InChI=1S/C16H20N6O/c1-3-8-22-9-7-18-14(22)11-21(2)12-15-19-16(20-23-15)13-5-4-6-17-10-13/h4-7,9-10H,3,8,11-12H2,1-2H3. The molecule has 23 heavy (non-hydrogen) atoms. The van der Waals surface area contributed by atoms with Gasteiger partial charge < -0.3 is 9.09 Å². The zero-order valence-corrected chi connectivity index (χ0v) is 13.4. The highest BCUT2D eigenvalue weighted by molar-refractivity contribution is 5.51. The van der Waals surface area contributed by atoms with Gasteiger partial charge in [0.1, 0.15) is 5.82 Å². The number of imidazole rings is 1. The molecule has 3 aromatic rings. The minimum Gasteiger partial charge on any atom is -0.338 e. The molecule has 7 nitrogen and oxygen atoms in total. The van der Waals surface area contributed by atoms with Crippen LogP contribution in [0.25, 0.3) is 11.4 Å². The first kappa shape index (κ1) is 15.4. The maximum atomic E-state index is 5.33. The molecular formula is C16H20N6O. The third-order valence-corrected chi connectivity index (χ3v) is 3.47. The summed E-state index contributed by atoms with van der Waals surface area (Å²) in [5.41, 5.74) is 0.851. The first-order valence-corrected chi connectivity index (χ1v) is 7.67. The van der Waals surface area contributed by atoms with Crippen LogP contribution < -0.4 is 0 Å². The maximum absolute atomic E-state index is 5.33. The summed E-state index contributed by atoms with van der Waals surface area (Å²) >= 11 is 0. The minimum absolute atomic E-state index is 0.564. The number of aryl methyl sites for hydroxylation is 1. The van der Waals surface area contributed by atoms with Crippen molar-refractivity contribution in [2.75, 3.05) is 7.05 Å². The Morgan fingerprint density at radius 1 is 1.26 bits per heavy atom. The van der Waals surface area contributed by atoms with E-state index in [0.717, 1.165) is 30.9 Å². The van der Waals surface area contributed by atoms with Gasteiger partial charge in [0.15, 0.2) is 0 Å². The fraction of sp³-hybridized carbons (Fsp3) is 0.375. The van der Waals surface area contributed by atoms with Crippen LogP contribution in [0.3, 0.4) is 0 Å². The fourth-order valence-electron chi connectivity index (χ4n) is 2.40. The van der Waals surface area contributed by atoms with Gasteiger partial charge in [-0.2, -0.15) is 4.98 Å². The quantitative estimate of drug-likeness (QED) is 0.667. The number of nitrogens with zero attached hydrogens (tertiary/aromatic N) is 6. The van der Waals surface area contributed by atoms with Crippen LogP contribution in [0.2, 0.25) is 0 Å². The molecule has 0 atom stereocenters. The minimum atomic E-state index is 0.564. The predicted molar refractivity (Wildman–Crippen MR) is 85.2 cm³/mol. The molecule has 7 heteroatoms. The van der Waals surface area contributed by atoms with E-state index in [9.17, 15) is 0 Å². The molecule has 0 aliphatic heterocycles. The summed E-state index contributed by atoms with van der Waals surface area (Å²) in [5, 5.41) is 4.01. The Morgan fingerprint density at radius 3 is 2.96 bits per heavy atom. The van der Waals surface area contributed by atoms with Crippen molar-refractivity contribution in [2.24, 2.45) is 0 Å². The predicted octanol–water partition coefficient (Wildman–Crippen LogP) is 2.37. The molecular weight excluding hydrogens is 292 g/mol. The van der Waals surface area contributed by atoms with E-state index in [-0.39, 0.29) is 0 Å². The van der Waals surface area contributed by atoms with Gasteiger partial charge in [-0.05, 0) is 25.6 Å². The molecule has 0 aliphatic carbocycles. The molecule has 0 aromatic carbocycles. The number of hydrogen-bond donors (Lipinski definition) is 0. The number of aromatic nitrogens is 5. The normalized spacial score (nSPS) is 11.3. The van der Waals surface area contributed by atoms with Gasteiger partial charge in [0, 0.05) is 36.9 Å². The second-order valence-electron chi connectivity index (χ2n) is 5.46. The lowest BCUT2D eigenvalue weighted by molar-refractivity contribution is 0.253. The molecule has 3 rings (SSSR count). The van der Waals surface area contributed by atoms with E-state index in [2.05, 4.69) is 36.5 Å². The zero-order chi connectivity index (χ0) is 16.1. The van der Waals surface area contributed by atoms with Crippen molar-refractivity contribution in [3.63, 3.8) is 0 Å². The van der Waals surface area contributed by atoms with Crippen molar-refractivity contribution in [1.82, 2.24) is 29.6 Å². The van der Waals surface area contributed by atoms with Crippen molar-refractivity contribution < 1.29 is 4.52 Å². The zero-order valence-electron chi connectivity index (χ0n) is 13.4. The van der Waals surface area contributed by atoms with E-state index >= 15 is 0 Å². The van der Waals surface area contributed by atoms with Crippen molar-refractivity contribution in [3.05, 3.63) is 48.6 Å². The molecule has 0 saturated carbocycles. The second kappa shape index (κ2) is 7.15. The number of rotatable bonds is 7. The van der Waals surface area contributed by atoms with Crippen LogP contribution in [-0.4, -0.2) is 36.6 Å². The molecule has 120 valence electrons. The van der Waals surface area contributed by atoms with Gasteiger partial charge in [-0.15, -0.1) is 0 Å². The van der Waals surface area contributed by atoms with E-state index in [1.165, 1.54) is 0 Å². The van der Waals surface area contributed by atoms with Crippen molar-refractivity contribution >= 4 is 0 Å². The lowest BCUT2D eigenvalue weighted by atomic mass is 10.3. The van der Waals surface area contributed by atoms with E-state index in [4.69, 9.17) is 4.52 Å². The van der Waals surface area contributed by atoms with Gasteiger partial charge in [0.25, 0.3) is 0 Å². The van der Waals surface area contributed by atoms with Crippen LogP contribution in [0.15, 0.2) is 41.4 Å². The second-order valence-corrected chi connectivity index (χ2v) is 5.46. The summed E-state index contributed by atoms with van der Waals surface area (Å²) in [6, 6.07) is 3.76. The summed E-state index contributed by atoms with van der Waals surface area (Å²) in [6.45, 7) is 4.45. The van der Waals surface area contributed by atoms with Crippen molar-refractivity contribution in [1.29, 1.82) is 0 Å². The monoisotopic (exact) mass is 312 g/mol. The van der Waals surface area contributed by atoms with E-state index in [0.29, 0.717) is 18.3 Å². The van der Waals surface area contributed by atoms with Crippen LogP contribution in [-0.2, 0) is 19.6 Å². The van der Waals surface area contributed by atoms with E-state index < -0.39 is 0 Å². The van der Waals surface area contributed by atoms with Gasteiger partial charge in [-0.3, -0.25) is 9.88 Å². The summed E-state index contributed by atoms with van der Waals surface area (Å²) in [7, 11) is 2.01. The van der Waals surface area contributed by atoms with Crippen LogP contribution in [0.4, 0.5) is 0 Å². The summed E-state index contributed by atoms with van der Waals surface area (Å²) < 4.78 is 7.50. The van der Waals surface area contributed by atoms with Gasteiger partial charge in [-0.1, -0.05) is 12.1 Å². The first-order valence-electron chi connectivity index (χ1n) is 7.67. The third kappa shape index (κ3) is 3.81. The van der Waals surface area contributed by atoms with Crippen LogP contribution >= 0.6 is 0 Å². The van der Waals surface area contributed by atoms with Gasteiger partial charge in [0.05, 0.1) is 13.1 Å². The summed E-state index contributed by atoms with van der Waals surface area (Å²) in [6.07, 6.45) is 8.38. The Balaban J connectivity index is 1.63. The smallest absolute Gasteiger partial charge is 0.241 e. The molecule has 0 saturated heterocycles. The van der Waals surface area contributed by atoms with Crippen LogP contribution in [0.1, 0.15) is 25.1 Å². The Kier molecular flexibility index (Phi) is 4.77. The third-order valence-electron chi connectivity index (χ3n) is 3.47. The highest BCUT2D eigenvalue weighted by Crippen LogP contribution is 2.14. The topological polar surface area (TPSA) is 72.9 Å². The molecule has 0 N–H and O–H groups in total. The molecule has 0 amide bonds. The van der Waals surface area contributed by atoms with E-state index in [1.807, 2.05) is 31.6 Å². The highest BCUT2D eigenvalue weighted by Gasteiger charge is 2.12. The lowest BCUT2D eigenvalue weighted by Gasteiger charge is -2.14. The molecule has 3 aromatic heterocycles.